The second-order valence-corrected chi connectivity index (χ2v) is 8.80. The van der Waals surface area contributed by atoms with Crippen LogP contribution < -0.4 is 16.4 Å². The number of anilines is 2. The first kappa shape index (κ1) is 22.6. The highest BCUT2D eigenvalue weighted by Gasteiger charge is 2.35. The summed E-state index contributed by atoms with van der Waals surface area (Å²) in [6.45, 7) is 0.890. The number of benzene rings is 2. The molecule has 2 bridgehead atoms. The number of aromatic amines is 1. The van der Waals surface area contributed by atoms with Crippen LogP contribution in [-0.4, -0.2) is 37.9 Å². The molecule has 3 amide bonds. The predicted molar refractivity (Wildman–Crippen MR) is 130 cm³/mol. The van der Waals surface area contributed by atoms with Crippen LogP contribution in [0.4, 0.5) is 16.2 Å². The van der Waals surface area contributed by atoms with Crippen molar-refractivity contribution in [2.75, 3.05) is 10.6 Å². The molecule has 0 radical (unpaired) electrons. The molecular formula is C25H26N6O4. The van der Waals surface area contributed by atoms with Crippen LogP contribution in [-0.2, 0) is 17.9 Å². The molecule has 2 aliphatic rings. The largest absolute Gasteiger partial charge is 0.465 e. The Morgan fingerprint density at radius 1 is 1.17 bits per heavy atom. The average Bonchev–Trinajstić information content (AvgIpc) is 3.43. The van der Waals surface area contributed by atoms with Gasteiger partial charge in [-0.05, 0) is 48.2 Å². The minimum atomic E-state index is -1.19. The van der Waals surface area contributed by atoms with Crippen molar-refractivity contribution in [1.82, 2.24) is 14.9 Å². The van der Waals surface area contributed by atoms with Gasteiger partial charge >= 0.3 is 6.09 Å². The number of nitrogens with zero attached hydrogens (tertiary/aromatic N) is 2. The summed E-state index contributed by atoms with van der Waals surface area (Å²) in [5.41, 5.74) is 10.5. The fourth-order valence-corrected chi connectivity index (χ4v) is 4.77. The maximum absolute atomic E-state index is 13.3. The smallest absolute Gasteiger partial charge is 0.409 e. The predicted octanol–water partition coefficient (Wildman–Crippen LogP) is 3.83. The van der Waals surface area contributed by atoms with E-state index in [4.69, 9.17) is 15.8 Å². The van der Waals surface area contributed by atoms with Crippen LogP contribution in [0.5, 0.6) is 0 Å². The Morgan fingerprint density at radius 2 is 2.00 bits per heavy atom. The molecule has 3 aromatic rings. The third-order valence-corrected chi connectivity index (χ3v) is 6.48. The number of nitrogens with two attached hydrogens (primary N) is 1. The average molecular weight is 475 g/mol. The molecule has 0 unspecified atom stereocenters. The van der Waals surface area contributed by atoms with E-state index in [1.54, 1.807) is 24.4 Å². The van der Waals surface area contributed by atoms with Gasteiger partial charge in [-0.15, -0.1) is 0 Å². The number of hydrogen-bond donors (Lipinski definition) is 5. The molecular weight excluding hydrogens is 448 g/mol. The number of carboxylic acid groups (broad SMARTS) is 1. The van der Waals surface area contributed by atoms with E-state index in [1.165, 1.54) is 0 Å². The maximum Gasteiger partial charge on any atom is 0.409 e. The van der Waals surface area contributed by atoms with Crippen molar-refractivity contribution in [2.45, 2.75) is 44.8 Å². The minimum Gasteiger partial charge on any atom is -0.465 e. The number of carbonyl (C=O) groups excluding carboxylic acids is 2. The molecule has 180 valence electrons. The Hall–Kier alpha value is -4.18. The summed E-state index contributed by atoms with van der Waals surface area (Å²) in [5.74, 6) is 0.470. The number of nitrogens with one attached hydrogen (secondary N) is 3. The number of H-pyrrole nitrogens is 1. The van der Waals surface area contributed by atoms with Gasteiger partial charge in [-0.3, -0.25) is 14.9 Å². The Morgan fingerprint density at radius 3 is 2.80 bits per heavy atom. The van der Waals surface area contributed by atoms with E-state index in [2.05, 4.69) is 15.6 Å². The summed E-state index contributed by atoms with van der Waals surface area (Å²) in [7, 11) is 0. The van der Waals surface area contributed by atoms with E-state index >= 15 is 0 Å². The molecule has 5 rings (SSSR count). The fraction of sp³-hybridized carbons (Fsp3) is 0.280. The number of rotatable bonds is 3. The molecule has 2 aliphatic heterocycles. The number of imidazole rings is 1. The molecule has 1 aromatic heterocycles. The molecule has 2 aromatic carbocycles. The SMILES string of the molecule is NCc1ccc2c(c1)CN([C@H]1CCCCC(=O)Nc3cc(NC(=O)O)ccc3-c3c[nH]c1n3)C2=O. The van der Waals surface area contributed by atoms with Gasteiger partial charge in [-0.1, -0.05) is 18.6 Å². The van der Waals surface area contributed by atoms with Gasteiger partial charge in [-0.25, -0.2) is 9.78 Å². The van der Waals surface area contributed by atoms with E-state index in [0.29, 0.717) is 66.4 Å². The molecule has 10 nitrogen and oxygen atoms in total. The Balaban J connectivity index is 1.51. The quantitative estimate of drug-likeness (QED) is 0.389. The third kappa shape index (κ3) is 4.47. The van der Waals surface area contributed by atoms with Crippen molar-refractivity contribution in [1.29, 1.82) is 0 Å². The Bertz CT molecular complexity index is 1320. The Labute approximate surface area is 201 Å². The normalized spacial score (nSPS) is 17.6. The van der Waals surface area contributed by atoms with Crippen molar-refractivity contribution >= 4 is 29.3 Å². The summed E-state index contributed by atoms with van der Waals surface area (Å²) in [6, 6.07) is 10.3. The van der Waals surface area contributed by atoms with Crippen LogP contribution in [0.2, 0.25) is 0 Å². The first-order chi connectivity index (χ1) is 16.9. The van der Waals surface area contributed by atoms with E-state index < -0.39 is 6.09 Å². The monoisotopic (exact) mass is 474 g/mol. The molecule has 0 spiro atoms. The van der Waals surface area contributed by atoms with Gasteiger partial charge < -0.3 is 26.0 Å². The zero-order valence-corrected chi connectivity index (χ0v) is 19.0. The third-order valence-electron chi connectivity index (χ3n) is 6.48. The highest BCUT2D eigenvalue weighted by molar-refractivity contribution is 5.99. The topological polar surface area (TPSA) is 153 Å². The Kier molecular flexibility index (Phi) is 5.96. The van der Waals surface area contributed by atoms with Gasteiger partial charge in [-0.2, -0.15) is 0 Å². The lowest BCUT2D eigenvalue weighted by molar-refractivity contribution is -0.116. The van der Waals surface area contributed by atoms with Gasteiger partial charge in [0.15, 0.2) is 0 Å². The first-order valence-corrected chi connectivity index (χ1v) is 11.6. The second-order valence-electron chi connectivity index (χ2n) is 8.80. The maximum atomic E-state index is 13.3. The number of carbonyl (C=O) groups is 3. The zero-order chi connectivity index (χ0) is 24.5. The summed E-state index contributed by atoms with van der Waals surface area (Å²) in [5, 5.41) is 14.2. The standard InChI is InChI=1S/C25H26N6O4/c26-11-14-5-7-17-15(9-14)13-31(24(17)33)21-3-1-2-4-22(32)29-19-10-16(28-25(34)35)6-8-18(19)20-12-27-23(21)30-20/h5-10,12,21,28H,1-4,11,13,26H2,(H,27,30)(H,29,32)(H,34,35)/t21-/m0/s1. The molecule has 6 N–H and O–H groups in total. The fourth-order valence-electron chi connectivity index (χ4n) is 4.77. The number of amides is 3. The number of aromatic nitrogens is 2. The molecule has 1 atom stereocenters. The van der Waals surface area contributed by atoms with Gasteiger partial charge in [0.1, 0.15) is 5.82 Å². The first-order valence-electron chi connectivity index (χ1n) is 11.6. The van der Waals surface area contributed by atoms with Crippen molar-refractivity contribution in [3.8, 4) is 11.3 Å². The summed E-state index contributed by atoms with van der Waals surface area (Å²) in [6.07, 6.45) is 2.91. The van der Waals surface area contributed by atoms with E-state index in [9.17, 15) is 14.4 Å². The van der Waals surface area contributed by atoms with Crippen LogP contribution in [0.1, 0.15) is 59.0 Å². The lowest BCUT2D eigenvalue weighted by atomic mass is 10.0. The highest BCUT2D eigenvalue weighted by Crippen LogP contribution is 2.36. The summed E-state index contributed by atoms with van der Waals surface area (Å²) in [4.78, 5) is 46.8. The highest BCUT2D eigenvalue weighted by atomic mass is 16.4. The molecule has 35 heavy (non-hydrogen) atoms. The van der Waals surface area contributed by atoms with E-state index in [-0.39, 0.29) is 17.9 Å². The van der Waals surface area contributed by atoms with Gasteiger partial charge in [0, 0.05) is 42.5 Å². The van der Waals surface area contributed by atoms with Crippen LogP contribution in [0, 0.1) is 0 Å². The molecule has 0 saturated carbocycles. The minimum absolute atomic E-state index is 0.0406. The molecule has 3 heterocycles. The molecule has 0 aliphatic carbocycles. The van der Waals surface area contributed by atoms with Crippen LogP contribution in [0.3, 0.4) is 0 Å². The summed E-state index contributed by atoms with van der Waals surface area (Å²) < 4.78 is 0. The molecule has 10 heteroatoms. The van der Waals surface area contributed by atoms with Gasteiger partial charge in [0.25, 0.3) is 5.91 Å². The van der Waals surface area contributed by atoms with E-state index in [1.807, 2.05) is 23.1 Å². The lowest BCUT2D eigenvalue weighted by Gasteiger charge is -2.26. The van der Waals surface area contributed by atoms with Crippen LogP contribution in [0.15, 0.2) is 42.6 Å². The van der Waals surface area contributed by atoms with Gasteiger partial charge in [0.05, 0.1) is 17.4 Å². The second kappa shape index (κ2) is 9.22. The van der Waals surface area contributed by atoms with E-state index in [0.717, 1.165) is 17.5 Å². The number of fused-ring (bicyclic) bond motifs is 5. The lowest BCUT2D eigenvalue weighted by Crippen LogP contribution is -2.30. The van der Waals surface area contributed by atoms with Gasteiger partial charge in [0.2, 0.25) is 5.91 Å². The molecule has 0 fully saturated rings. The molecule has 0 saturated heterocycles. The summed E-state index contributed by atoms with van der Waals surface area (Å²) >= 11 is 0. The van der Waals surface area contributed by atoms with Crippen molar-refractivity contribution in [3.63, 3.8) is 0 Å². The van der Waals surface area contributed by atoms with Crippen molar-refractivity contribution in [3.05, 3.63) is 65.1 Å². The van der Waals surface area contributed by atoms with Crippen LogP contribution >= 0.6 is 0 Å². The van der Waals surface area contributed by atoms with Crippen molar-refractivity contribution < 1.29 is 19.5 Å². The number of hydrogen-bond acceptors (Lipinski definition) is 5. The van der Waals surface area contributed by atoms with Crippen molar-refractivity contribution in [2.24, 2.45) is 5.73 Å². The zero-order valence-electron chi connectivity index (χ0n) is 19.0. The van der Waals surface area contributed by atoms with Crippen LogP contribution in [0.25, 0.3) is 11.3 Å².